The third kappa shape index (κ3) is 9.20. The van der Waals surface area contributed by atoms with Gasteiger partial charge in [0.1, 0.15) is 11.5 Å². The lowest BCUT2D eigenvalue weighted by Crippen LogP contribution is -2.47. The van der Waals surface area contributed by atoms with Gasteiger partial charge >= 0.3 is 13.8 Å². The zero-order chi connectivity index (χ0) is 30.3. The van der Waals surface area contributed by atoms with Gasteiger partial charge in [-0.3, -0.25) is 0 Å². The van der Waals surface area contributed by atoms with Crippen molar-refractivity contribution < 1.29 is 23.5 Å². The lowest BCUT2D eigenvalue weighted by molar-refractivity contribution is 0.0508. The third-order valence-electron chi connectivity index (χ3n) is 7.29. The monoisotopic (exact) mass is 580 g/mol. The summed E-state index contributed by atoms with van der Waals surface area (Å²) in [6.45, 7) is 1.63. The summed E-state index contributed by atoms with van der Waals surface area (Å²) >= 11 is 0. The van der Waals surface area contributed by atoms with Gasteiger partial charge in [-0.2, -0.15) is 0 Å². The molecule has 0 aromatic heterocycles. The number of likely N-dealkylation sites (N-methyl/N-ethyl adjacent to an activating group) is 2. The van der Waals surface area contributed by atoms with Crippen molar-refractivity contribution in [2.24, 2.45) is 0 Å². The van der Waals surface area contributed by atoms with E-state index >= 15 is 0 Å². The van der Waals surface area contributed by atoms with Gasteiger partial charge in [-0.1, -0.05) is 84.9 Å². The number of nitrogens with one attached hydrogen (secondary N) is 2. The van der Waals surface area contributed by atoms with Gasteiger partial charge in [0, 0.05) is 26.3 Å². The maximum Gasteiger partial charge on any atom is 0.361 e. The van der Waals surface area contributed by atoms with Crippen LogP contribution < -0.4 is 31.0 Å². The smallest absolute Gasteiger partial charge is 0.361 e. The van der Waals surface area contributed by atoms with Crippen LogP contribution in [0.1, 0.15) is 23.1 Å². The van der Waals surface area contributed by atoms with E-state index in [0.717, 1.165) is 33.6 Å². The normalized spacial score (nSPS) is 12.4. The molecule has 0 bridgehead atoms. The zero-order valence-electron chi connectivity index (χ0n) is 25.6. The molecule has 0 aliphatic carbocycles. The number of rotatable bonds is 18. The Labute approximate surface area is 257 Å². The molecule has 0 fully saturated rings. The van der Waals surface area contributed by atoms with Crippen LogP contribution in [0.4, 0.5) is 0 Å². The first-order valence-electron chi connectivity index (χ1n) is 14.7. The Morgan fingerprint density at radius 2 is 0.907 bits per heavy atom. The molecule has 2 unspecified atom stereocenters. The fourth-order valence-corrected chi connectivity index (χ4v) is 4.97. The molecule has 0 amide bonds. The molecule has 0 saturated heterocycles. The second kappa shape index (κ2) is 17.5. The number of methoxy groups -OCH3 is 2. The molecule has 224 valence electrons. The number of benzene rings is 4. The standard InChI is InChI=1S/C34H42B2N2O5/c1-37-23-25-41-35(29-15-19-31(39-3)20-16-29)33(27-11-7-5-8-12-27)43-34(28-13-9-6-10-14-28)36(42-26-24-38-2)30-17-21-32(40-4)22-18-30/h5-22,33-34,37-38H,23-26H2,1-4H3. The van der Waals surface area contributed by atoms with Crippen LogP contribution in [0.5, 0.6) is 11.5 Å². The molecule has 0 aliphatic heterocycles. The first kappa shape index (κ1) is 32.3. The Kier molecular flexibility index (Phi) is 13.2. The molecule has 0 saturated carbocycles. The predicted octanol–water partition coefficient (Wildman–Crippen LogP) is 3.85. The Balaban J connectivity index is 1.82. The zero-order valence-corrected chi connectivity index (χ0v) is 25.6. The second-order valence-corrected chi connectivity index (χ2v) is 10.1. The lowest BCUT2D eigenvalue weighted by atomic mass is 9.51. The Bertz CT molecular complexity index is 1210. The van der Waals surface area contributed by atoms with Gasteiger partial charge in [0.05, 0.1) is 26.2 Å². The van der Waals surface area contributed by atoms with Gasteiger partial charge in [-0.25, -0.2) is 0 Å². The number of ether oxygens (including phenoxy) is 3. The van der Waals surface area contributed by atoms with Crippen LogP contribution in [0.15, 0.2) is 109 Å². The Morgan fingerprint density at radius 1 is 0.535 bits per heavy atom. The van der Waals surface area contributed by atoms with E-state index in [2.05, 4.69) is 34.9 Å². The van der Waals surface area contributed by atoms with Crippen LogP contribution in [0.2, 0.25) is 0 Å². The molecule has 0 heterocycles. The van der Waals surface area contributed by atoms with E-state index in [1.807, 2.05) is 99.0 Å². The first-order valence-corrected chi connectivity index (χ1v) is 14.7. The minimum Gasteiger partial charge on any atom is -0.497 e. The predicted molar refractivity (Wildman–Crippen MR) is 176 cm³/mol. The molecule has 4 rings (SSSR count). The van der Waals surface area contributed by atoms with Crippen molar-refractivity contribution in [3.63, 3.8) is 0 Å². The van der Waals surface area contributed by atoms with Crippen LogP contribution in [0.25, 0.3) is 0 Å². The Hall–Kier alpha value is -3.59. The molecule has 2 atom stereocenters. The Morgan fingerprint density at radius 3 is 1.23 bits per heavy atom. The molecule has 2 N–H and O–H groups in total. The molecule has 4 aromatic rings. The van der Waals surface area contributed by atoms with Crippen molar-refractivity contribution >= 4 is 24.8 Å². The molecule has 0 spiro atoms. The highest BCUT2D eigenvalue weighted by Crippen LogP contribution is 2.32. The molecule has 7 nitrogen and oxygen atoms in total. The van der Waals surface area contributed by atoms with Crippen LogP contribution in [-0.4, -0.2) is 68.4 Å². The molecule has 0 aliphatic rings. The number of hydrogen-bond donors (Lipinski definition) is 2. The second-order valence-electron chi connectivity index (χ2n) is 10.1. The fraction of sp³-hybridized carbons (Fsp3) is 0.294. The molecular weight excluding hydrogens is 538 g/mol. The SMILES string of the molecule is CNCCOB(c1ccc(OC)cc1)C(OC(B(OCCNC)c1ccc(OC)cc1)c1ccccc1)c1ccccc1. The third-order valence-corrected chi connectivity index (χ3v) is 7.29. The minimum absolute atomic E-state index is 0.401. The average molecular weight is 580 g/mol. The van der Waals surface area contributed by atoms with E-state index in [1.54, 1.807) is 14.2 Å². The lowest BCUT2D eigenvalue weighted by Gasteiger charge is -2.33. The quantitative estimate of drug-likeness (QED) is 0.137. The topological polar surface area (TPSA) is 70.2 Å². The van der Waals surface area contributed by atoms with Crippen molar-refractivity contribution in [1.29, 1.82) is 0 Å². The van der Waals surface area contributed by atoms with Gasteiger partial charge in [0.15, 0.2) is 0 Å². The van der Waals surface area contributed by atoms with Crippen LogP contribution in [-0.2, 0) is 14.0 Å². The minimum atomic E-state index is -0.453. The largest absolute Gasteiger partial charge is 0.497 e. The summed E-state index contributed by atoms with van der Waals surface area (Å²) in [5.74, 6) is 1.57. The van der Waals surface area contributed by atoms with Crippen molar-refractivity contribution in [3.8, 4) is 11.5 Å². The van der Waals surface area contributed by atoms with Crippen molar-refractivity contribution in [2.75, 3.05) is 54.6 Å². The van der Waals surface area contributed by atoms with Crippen LogP contribution in [0.3, 0.4) is 0 Å². The molecule has 9 heteroatoms. The van der Waals surface area contributed by atoms with E-state index in [0.29, 0.717) is 26.3 Å². The summed E-state index contributed by atoms with van der Waals surface area (Å²) < 4.78 is 31.4. The highest BCUT2D eigenvalue weighted by Gasteiger charge is 2.40. The van der Waals surface area contributed by atoms with Crippen molar-refractivity contribution in [1.82, 2.24) is 10.6 Å². The summed E-state index contributed by atoms with van der Waals surface area (Å²) in [6.07, 6.45) is 0. The van der Waals surface area contributed by atoms with Crippen LogP contribution in [0, 0.1) is 0 Å². The molecule has 4 aromatic carbocycles. The summed E-state index contributed by atoms with van der Waals surface area (Å²) in [5, 5.41) is 6.39. The van der Waals surface area contributed by atoms with E-state index in [1.165, 1.54) is 0 Å². The average Bonchev–Trinajstić information content (AvgIpc) is 3.07. The summed E-state index contributed by atoms with van der Waals surface area (Å²) in [4.78, 5) is 0. The van der Waals surface area contributed by atoms with Gasteiger partial charge in [-0.15, -0.1) is 0 Å². The van der Waals surface area contributed by atoms with Crippen molar-refractivity contribution in [2.45, 2.75) is 12.0 Å². The van der Waals surface area contributed by atoms with E-state index in [-0.39, 0.29) is 0 Å². The van der Waals surface area contributed by atoms with E-state index in [4.69, 9.17) is 23.5 Å². The van der Waals surface area contributed by atoms with Gasteiger partial charge < -0.3 is 34.2 Å². The highest BCUT2D eigenvalue weighted by molar-refractivity contribution is 6.70. The van der Waals surface area contributed by atoms with Gasteiger partial charge in [0.2, 0.25) is 0 Å². The van der Waals surface area contributed by atoms with Gasteiger partial charge in [0.25, 0.3) is 0 Å². The maximum atomic E-state index is 7.28. The first-order chi connectivity index (χ1) is 21.2. The summed E-state index contributed by atoms with van der Waals surface area (Å²) in [6, 6.07) is 35.6. The molecule has 0 radical (unpaired) electrons. The number of hydrogen-bond acceptors (Lipinski definition) is 7. The van der Waals surface area contributed by atoms with Gasteiger partial charge in [-0.05, 0) is 60.4 Å². The summed E-state index contributed by atoms with van der Waals surface area (Å²) in [5.41, 5.74) is 4.01. The molecule has 43 heavy (non-hydrogen) atoms. The van der Waals surface area contributed by atoms with E-state index < -0.39 is 25.8 Å². The highest BCUT2D eigenvalue weighted by atomic mass is 16.5. The van der Waals surface area contributed by atoms with E-state index in [9.17, 15) is 0 Å². The molecular formula is C34H42B2N2O5. The maximum absolute atomic E-state index is 7.28. The van der Waals surface area contributed by atoms with Crippen molar-refractivity contribution in [3.05, 3.63) is 120 Å². The van der Waals surface area contributed by atoms with Crippen LogP contribution >= 0.6 is 0 Å². The summed E-state index contributed by atoms with van der Waals surface area (Å²) in [7, 11) is 7.18. The fourth-order valence-electron chi connectivity index (χ4n) is 4.97.